The van der Waals surface area contributed by atoms with Gasteiger partial charge in [-0.15, -0.1) is 12.8 Å². The standard InChI is InChI=1S/C15H27N3O4.C13H23N3O3.C4H10.3C2H6.C2H2/c1-15(2,3)12(11-20)17-14(22)16-8-9-18(4)13(21)7-5-6-10-19;1-3-4-6-9(11(17)12(14)18)15-13(19)10-7-5-8-16(10)2;1-4(2)3;4*1-2/h10-12H,5-9H2,1-4H3,(H2,16,17,22);9-10H,3-8H2,1-2H3,(H2,14,18)(H,15,19);4H,1-3H3;3*1-2H3;1-2H. The molecule has 1 rings (SSSR count). The number of unbranched alkanes of at least 4 members (excludes halogenated alkanes) is 2. The van der Waals surface area contributed by atoms with E-state index in [-0.39, 0.29) is 29.8 Å². The average Bonchev–Trinajstić information content (AvgIpc) is 3.57. The van der Waals surface area contributed by atoms with Crippen LogP contribution in [0, 0.1) is 24.2 Å². The zero-order valence-corrected chi connectivity index (χ0v) is 36.2. The third kappa shape index (κ3) is 36.4. The van der Waals surface area contributed by atoms with Crippen molar-refractivity contribution in [1.82, 2.24) is 25.8 Å². The van der Waals surface area contributed by atoms with Crippen molar-refractivity contribution < 1.29 is 33.6 Å². The predicted molar refractivity (Wildman–Crippen MR) is 219 cm³/mol. The van der Waals surface area contributed by atoms with Gasteiger partial charge in [-0.3, -0.25) is 24.1 Å². The number of nitrogens with one attached hydrogen (secondary N) is 3. The molecule has 53 heavy (non-hydrogen) atoms. The summed E-state index contributed by atoms with van der Waals surface area (Å²) < 4.78 is 0. The Morgan fingerprint density at radius 2 is 1.45 bits per heavy atom. The molecule has 1 aliphatic heterocycles. The molecule has 0 saturated carbocycles. The van der Waals surface area contributed by atoms with E-state index in [0.717, 1.165) is 44.4 Å². The van der Waals surface area contributed by atoms with Gasteiger partial charge in [0.25, 0.3) is 5.91 Å². The van der Waals surface area contributed by atoms with Gasteiger partial charge in [-0.1, -0.05) is 103 Å². The summed E-state index contributed by atoms with van der Waals surface area (Å²) in [7, 11) is 3.53. The number of likely N-dealkylation sites (N-methyl/N-ethyl adjacent to an activating group) is 2. The highest BCUT2D eigenvalue weighted by Gasteiger charge is 2.32. The Labute approximate surface area is 324 Å². The van der Waals surface area contributed by atoms with Crippen LogP contribution in [-0.4, -0.2) is 104 Å². The molecule has 5 N–H and O–H groups in total. The first kappa shape index (κ1) is 61.3. The van der Waals surface area contributed by atoms with Crippen LogP contribution in [-0.2, 0) is 28.8 Å². The van der Waals surface area contributed by atoms with Crippen LogP contribution in [0.1, 0.15) is 141 Å². The Bertz CT molecular complexity index is 978. The van der Waals surface area contributed by atoms with Gasteiger partial charge in [0, 0.05) is 33.0 Å². The Hall–Kier alpha value is -3.79. The van der Waals surface area contributed by atoms with Crippen molar-refractivity contribution in [3.63, 3.8) is 0 Å². The number of Topliss-reactive ketones (excluding diaryl/α,β-unsaturated/α-hetero) is 1. The van der Waals surface area contributed by atoms with E-state index in [1.54, 1.807) is 7.05 Å². The largest absolute Gasteiger partial charge is 0.363 e. The van der Waals surface area contributed by atoms with Gasteiger partial charge in [0.15, 0.2) is 0 Å². The number of urea groups is 1. The van der Waals surface area contributed by atoms with Gasteiger partial charge >= 0.3 is 6.03 Å². The number of carbonyl (C=O) groups excluding carboxylic acids is 7. The molecule has 1 aliphatic rings. The fraction of sp³-hybridized carbons (Fsp3) is 0.775. The molecule has 1 heterocycles. The van der Waals surface area contributed by atoms with Gasteiger partial charge in [-0.05, 0) is 50.6 Å². The van der Waals surface area contributed by atoms with Crippen LogP contribution in [0.2, 0.25) is 0 Å². The Morgan fingerprint density at radius 3 is 1.83 bits per heavy atom. The average molecular weight is 757 g/mol. The maximum atomic E-state index is 12.1. The van der Waals surface area contributed by atoms with Crippen LogP contribution >= 0.6 is 0 Å². The smallest absolute Gasteiger partial charge is 0.315 e. The molecule has 312 valence electrons. The van der Waals surface area contributed by atoms with E-state index in [9.17, 15) is 33.6 Å². The van der Waals surface area contributed by atoms with Gasteiger partial charge in [-0.2, -0.15) is 0 Å². The van der Waals surface area contributed by atoms with E-state index >= 15 is 0 Å². The summed E-state index contributed by atoms with van der Waals surface area (Å²) in [6.45, 7) is 27.6. The number of carbonyl (C=O) groups is 7. The number of aldehydes is 2. The Morgan fingerprint density at radius 1 is 0.943 bits per heavy atom. The van der Waals surface area contributed by atoms with E-state index in [1.165, 1.54) is 4.90 Å². The molecule has 5 amide bonds. The quantitative estimate of drug-likeness (QED) is 0.0685. The van der Waals surface area contributed by atoms with Crippen molar-refractivity contribution in [1.29, 1.82) is 0 Å². The number of hydrogen-bond donors (Lipinski definition) is 4. The van der Waals surface area contributed by atoms with Gasteiger partial charge in [0.05, 0.1) is 18.1 Å². The molecule has 0 spiro atoms. The lowest BCUT2D eigenvalue weighted by molar-refractivity contribution is -0.139. The van der Waals surface area contributed by atoms with Crippen LogP contribution < -0.4 is 21.7 Å². The minimum atomic E-state index is -0.985. The third-order valence-electron chi connectivity index (χ3n) is 6.77. The summed E-state index contributed by atoms with van der Waals surface area (Å²) in [5.41, 5.74) is 4.66. The molecule has 13 heteroatoms. The predicted octanol–water partition coefficient (Wildman–Crippen LogP) is 5.53. The van der Waals surface area contributed by atoms with Gasteiger partial charge in [0.2, 0.25) is 17.6 Å². The van der Waals surface area contributed by atoms with Crippen molar-refractivity contribution in [3.8, 4) is 12.8 Å². The van der Waals surface area contributed by atoms with Crippen LogP contribution in [0.25, 0.3) is 0 Å². The lowest BCUT2D eigenvalue weighted by Gasteiger charge is -2.27. The van der Waals surface area contributed by atoms with Gasteiger partial charge < -0.3 is 36.2 Å². The first-order valence-electron chi connectivity index (χ1n) is 19.3. The molecule has 3 unspecified atom stereocenters. The molecule has 0 radical (unpaired) electrons. The van der Waals surface area contributed by atoms with E-state index in [2.05, 4.69) is 49.6 Å². The van der Waals surface area contributed by atoms with Crippen LogP contribution in [0.4, 0.5) is 4.79 Å². The molecule has 13 nitrogen and oxygen atoms in total. The SMILES string of the molecule is C#C.CC.CC.CC.CC(C)C.CCCCC(NC(=O)C1CCCN1C)C(=O)C(N)=O.CN(CCNC(=O)NC(C=O)C(C)(C)C)C(=O)CCCC=O. The molecule has 1 saturated heterocycles. The van der Waals surface area contributed by atoms with E-state index in [0.29, 0.717) is 38.5 Å². The lowest BCUT2D eigenvalue weighted by atomic mass is 9.88. The molecule has 0 bridgehead atoms. The maximum Gasteiger partial charge on any atom is 0.315 e. The van der Waals surface area contributed by atoms with Crippen LogP contribution in [0.15, 0.2) is 0 Å². The van der Waals surface area contributed by atoms with Crippen molar-refractivity contribution in [3.05, 3.63) is 0 Å². The summed E-state index contributed by atoms with van der Waals surface area (Å²) in [6, 6.07) is -1.99. The first-order chi connectivity index (χ1) is 24.9. The minimum absolute atomic E-state index is 0.0653. The number of likely N-dealkylation sites (tertiary alicyclic amines) is 1. The highest BCUT2D eigenvalue weighted by atomic mass is 16.2. The second-order valence-electron chi connectivity index (χ2n) is 13.1. The highest BCUT2D eigenvalue weighted by Crippen LogP contribution is 2.17. The second-order valence-corrected chi connectivity index (χ2v) is 13.1. The normalized spacial score (nSPS) is 13.7. The lowest BCUT2D eigenvalue weighted by Crippen LogP contribution is -2.51. The fourth-order valence-electron chi connectivity index (χ4n) is 3.99. The molecular formula is C40H80N6O7. The number of hydrogen-bond acceptors (Lipinski definition) is 8. The molecule has 3 atom stereocenters. The molecule has 0 aromatic carbocycles. The summed E-state index contributed by atoms with van der Waals surface area (Å²) >= 11 is 0. The Kier molecular flexibility index (Phi) is 47.4. The van der Waals surface area contributed by atoms with E-state index < -0.39 is 29.8 Å². The topological polar surface area (TPSA) is 188 Å². The summed E-state index contributed by atoms with van der Waals surface area (Å²) in [5.74, 6) is -1.11. The number of ketones is 1. The summed E-state index contributed by atoms with van der Waals surface area (Å²) in [4.78, 5) is 82.8. The number of amides is 5. The molecule has 0 aromatic heterocycles. The number of terminal acetylenes is 1. The minimum Gasteiger partial charge on any atom is -0.363 e. The zero-order chi connectivity index (χ0) is 43.2. The number of nitrogens with zero attached hydrogens (tertiary/aromatic N) is 2. The summed E-state index contributed by atoms with van der Waals surface area (Å²) in [6.07, 6.45) is 14.6. The first-order valence-corrected chi connectivity index (χ1v) is 19.3. The van der Waals surface area contributed by atoms with Crippen molar-refractivity contribution in [2.75, 3.05) is 33.7 Å². The van der Waals surface area contributed by atoms with Crippen molar-refractivity contribution in [2.24, 2.45) is 17.1 Å². The molecule has 0 aromatic rings. The number of nitrogens with two attached hydrogens (primary N) is 1. The van der Waals surface area contributed by atoms with Gasteiger partial charge in [0.1, 0.15) is 12.6 Å². The van der Waals surface area contributed by atoms with Crippen LogP contribution in [0.5, 0.6) is 0 Å². The molecule has 1 fully saturated rings. The van der Waals surface area contributed by atoms with Gasteiger partial charge in [-0.25, -0.2) is 4.79 Å². The highest BCUT2D eigenvalue weighted by molar-refractivity contribution is 6.37. The molecular weight excluding hydrogens is 676 g/mol. The van der Waals surface area contributed by atoms with E-state index in [1.807, 2.05) is 81.2 Å². The second kappa shape index (κ2) is 41.0. The van der Waals surface area contributed by atoms with Crippen LogP contribution in [0.3, 0.4) is 0 Å². The Balaban J connectivity index is -0.000000162. The number of primary amides is 1. The number of rotatable bonds is 16. The van der Waals surface area contributed by atoms with Crippen molar-refractivity contribution in [2.45, 2.75) is 160 Å². The van der Waals surface area contributed by atoms with E-state index in [4.69, 9.17) is 5.73 Å². The zero-order valence-electron chi connectivity index (χ0n) is 36.2. The monoisotopic (exact) mass is 757 g/mol. The fourth-order valence-corrected chi connectivity index (χ4v) is 3.99. The summed E-state index contributed by atoms with van der Waals surface area (Å²) in [5, 5.41) is 7.88. The molecule has 0 aliphatic carbocycles. The maximum absolute atomic E-state index is 12.1. The van der Waals surface area contributed by atoms with Crippen molar-refractivity contribution >= 4 is 42.1 Å². The third-order valence-corrected chi connectivity index (χ3v) is 6.77.